The fraction of sp³-hybridized carbons (Fsp3) is 0.571. The van der Waals surface area contributed by atoms with Crippen LogP contribution in [-0.2, 0) is 0 Å². The minimum atomic E-state index is -0.158. The number of nitrogens with one attached hydrogen (secondary N) is 1. The summed E-state index contributed by atoms with van der Waals surface area (Å²) in [5, 5.41) is 12.5. The van der Waals surface area contributed by atoms with Crippen LogP contribution in [0.4, 0.5) is 0 Å². The number of amides is 1. The molecule has 1 heterocycles. The molecular weight excluding hydrogens is 228 g/mol. The predicted molar refractivity (Wildman–Crippen MR) is 69.2 cm³/mol. The van der Waals surface area contributed by atoms with Crippen LogP contribution < -0.4 is 5.32 Å². The minimum absolute atomic E-state index is 0.122. The van der Waals surface area contributed by atoms with Crippen LogP contribution in [0.3, 0.4) is 0 Å². The van der Waals surface area contributed by atoms with Crippen molar-refractivity contribution in [2.75, 3.05) is 13.2 Å². The van der Waals surface area contributed by atoms with Gasteiger partial charge in [-0.15, -0.1) is 0 Å². The van der Waals surface area contributed by atoms with Crippen molar-refractivity contribution in [3.8, 4) is 0 Å². The molecule has 1 saturated carbocycles. The van der Waals surface area contributed by atoms with E-state index in [4.69, 9.17) is 0 Å². The lowest BCUT2D eigenvalue weighted by Gasteiger charge is -2.35. The van der Waals surface area contributed by atoms with E-state index in [-0.39, 0.29) is 17.9 Å². The highest BCUT2D eigenvalue weighted by Crippen LogP contribution is 2.35. The maximum Gasteiger partial charge on any atom is 0.269 e. The summed E-state index contributed by atoms with van der Waals surface area (Å²) in [7, 11) is 0. The van der Waals surface area contributed by atoms with E-state index in [1.54, 1.807) is 24.4 Å². The van der Waals surface area contributed by atoms with Crippen LogP contribution in [-0.4, -0.2) is 29.1 Å². The van der Waals surface area contributed by atoms with Crippen LogP contribution in [0.2, 0.25) is 0 Å². The Morgan fingerprint density at radius 3 is 2.72 bits per heavy atom. The van der Waals surface area contributed by atoms with Gasteiger partial charge < -0.3 is 10.4 Å². The van der Waals surface area contributed by atoms with Crippen LogP contribution in [0, 0.1) is 5.41 Å². The van der Waals surface area contributed by atoms with Gasteiger partial charge in [0.1, 0.15) is 5.69 Å². The van der Waals surface area contributed by atoms with Crippen molar-refractivity contribution in [2.45, 2.75) is 32.1 Å². The molecule has 18 heavy (non-hydrogen) atoms. The first kappa shape index (κ1) is 13.0. The predicted octanol–water partition coefficient (Wildman–Crippen LogP) is 1.75. The molecule has 2 rings (SSSR count). The number of pyridine rings is 1. The quantitative estimate of drug-likeness (QED) is 0.853. The van der Waals surface area contributed by atoms with E-state index in [9.17, 15) is 9.90 Å². The second-order valence-electron chi connectivity index (χ2n) is 5.12. The Kier molecular flexibility index (Phi) is 4.31. The number of aliphatic hydroxyl groups excluding tert-OH is 1. The van der Waals surface area contributed by atoms with Crippen molar-refractivity contribution in [2.24, 2.45) is 5.41 Å². The summed E-state index contributed by atoms with van der Waals surface area (Å²) in [6.07, 6.45) is 7.10. The molecule has 0 atom stereocenters. The summed E-state index contributed by atoms with van der Waals surface area (Å²) in [5.41, 5.74) is 0.310. The van der Waals surface area contributed by atoms with Gasteiger partial charge in [-0.2, -0.15) is 0 Å². The highest BCUT2D eigenvalue weighted by atomic mass is 16.3. The largest absolute Gasteiger partial charge is 0.396 e. The Morgan fingerprint density at radius 2 is 2.11 bits per heavy atom. The molecule has 0 saturated heterocycles. The zero-order valence-corrected chi connectivity index (χ0v) is 10.6. The smallest absolute Gasteiger partial charge is 0.269 e. The lowest BCUT2D eigenvalue weighted by molar-refractivity contribution is 0.0715. The van der Waals surface area contributed by atoms with Gasteiger partial charge in [-0.05, 0) is 25.0 Å². The normalized spacial score (nSPS) is 18.3. The first-order valence-electron chi connectivity index (χ1n) is 6.56. The number of hydrogen-bond donors (Lipinski definition) is 2. The molecule has 1 fully saturated rings. The third kappa shape index (κ3) is 3.07. The third-order valence-corrected chi connectivity index (χ3v) is 3.77. The first-order valence-corrected chi connectivity index (χ1v) is 6.56. The fourth-order valence-corrected chi connectivity index (χ4v) is 2.55. The van der Waals surface area contributed by atoms with Gasteiger partial charge in [-0.25, -0.2) is 0 Å². The highest BCUT2D eigenvalue weighted by molar-refractivity contribution is 5.92. The van der Waals surface area contributed by atoms with E-state index < -0.39 is 0 Å². The molecule has 1 amide bonds. The van der Waals surface area contributed by atoms with Crippen molar-refractivity contribution >= 4 is 5.91 Å². The Balaban J connectivity index is 1.92. The van der Waals surface area contributed by atoms with Gasteiger partial charge >= 0.3 is 0 Å². The van der Waals surface area contributed by atoms with Crippen LogP contribution in [0.1, 0.15) is 42.6 Å². The van der Waals surface area contributed by atoms with Crippen molar-refractivity contribution in [3.63, 3.8) is 0 Å². The summed E-state index contributed by atoms with van der Waals surface area (Å²) in [6, 6.07) is 5.28. The second-order valence-corrected chi connectivity index (χ2v) is 5.12. The van der Waals surface area contributed by atoms with E-state index in [0.29, 0.717) is 12.2 Å². The maximum atomic E-state index is 11.9. The van der Waals surface area contributed by atoms with E-state index >= 15 is 0 Å². The first-order chi connectivity index (χ1) is 8.76. The van der Waals surface area contributed by atoms with Gasteiger partial charge in [0.05, 0.1) is 6.61 Å². The topological polar surface area (TPSA) is 62.2 Å². The molecule has 1 aliphatic rings. The van der Waals surface area contributed by atoms with Gasteiger partial charge in [0.25, 0.3) is 5.91 Å². The number of aromatic nitrogens is 1. The molecule has 0 unspecified atom stereocenters. The van der Waals surface area contributed by atoms with Crippen LogP contribution in [0.15, 0.2) is 24.4 Å². The van der Waals surface area contributed by atoms with Crippen molar-refractivity contribution < 1.29 is 9.90 Å². The lowest BCUT2D eigenvalue weighted by Crippen LogP contribution is -2.41. The Labute approximate surface area is 107 Å². The summed E-state index contributed by atoms with van der Waals surface area (Å²) >= 11 is 0. The summed E-state index contributed by atoms with van der Waals surface area (Å²) in [4.78, 5) is 15.9. The average Bonchev–Trinajstić information content (AvgIpc) is 2.47. The highest BCUT2D eigenvalue weighted by Gasteiger charge is 2.31. The van der Waals surface area contributed by atoms with E-state index in [2.05, 4.69) is 10.3 Å². The molecule has 0 bridgehead atoms. The molecule has 2 N–H and O–H groups in total. The zero-order chi connectivity index (χ0) is 12.8. The standard InChI is InChI=1S/C14H20N2O2/c17-11-14(7-3-1-4-8-14)10-16-13(18)12-6-2-5-9-15-12/h2,5-6,9,17H,1,3-4,7-8,10-11H2,(H,16,18). The van der Waals surface area contributed by atoms with E-state index in [1.807, 2.05) is 0 Å². The number of aliphatic hydroxyl groups is 1. The Bertz CT molecular complexity index is 386. The number of rotatable bonds is 4. The van der Waals surface area contributed by atoms with Gasteiger partial charge in [0.15, 0.2) is 0 Å². The van der Waals surface area contributed by atoms with Crippen LogP contribution in [0.5, 0.6) is 0 Å². The maximum absolute atomic E-state index is 11.9. The molecule has 0 aromatic carbocycles. The number of carbonyl (C=O) groups is 1. The zero-order valence-electron chi connectivity index (χ0n) is 10.6. The molecule has 1 aromatic heterocycles. The molecule has 98 valence electrons. The van der Waals surface area contributed by atoms with Crippen molar-refractivity contribution in [3.05, 3.63) is 30.1 Å². The van der Waals surface area contributed by atoms with Crippen LogP contribution >= 0.6 is 0 Å². The van der Waals surface area contributed by atoms with Crippen molar-refractivity contribution in [1.29, 1.82) is 0 Å². The van der Waals surface area contributed by atoms with E-state index in [0.717, 1.165) is 25.7 Å². The monoisotopic (exact) mass is 248 g/mol. The molecule has 0 aliphatic heterocycles. The molecule has 0 radical (unpaired) electrons. The van der Waals surface area contributed by atoms with Crippen molar-refractivity contribution in [1.82, 2.24) is 10.3 Å². The summed E-state index contributed by atoms with van der Waals surface area (Å²) in [5.74, 6) is -0.158. The Hall–Kier alpha value is -1.42. The molecule has 4 heteroatoms. The third-order valence-electron chi connectivity index (χ3n) is 3.77. The SMILES string of the molecule is O=C(NCC1(CO)CCCCC1)c1ccccn1. The molecule has 4 nitrogen and oxygen atoms in total. The molecule has 0 spiro atoms. The van der Waals surface area contributed by atoms with Gasteiger partial charge in [-0.1, -0.05) is 25.3 Å². The molecular formula is C14H20N2O2. The van der Waals surface area contributed by atoms with Gasteiger partial charge in [-0.3, -0.25) is 9.78 Å². The summed E-state index contributed by atoms with van der Waals surface area (Å²) < 4.78 is 0. The molecule has 1 aliphatic carbocycles. The van der Waals surface area contributed by atoms with Gasteiger partial charge in [0, 0.05) is 18.2 Å². The van der Waals surface area contributed by atoms with Crippen LogP contribution in [0.25, 0.3) is 0 Å². The number of carbonyl (C=O) groups excluding carboxylic acids is 1. The Morgan fingerprint density at radius 1 is 1.33 bits per heavy atom. The number of nitrogens with zero attached hydrogens (tertiary/aromatic N) is 1. The molecule has 1 aromatic rings. The number of hydrogen-bond acceptors (Lipinski definition) is 3. The fourth-order valence-electron chi connectivity index (χ4n) is 2.55. The van der Waals surface area contributed by atoms with E-state index in [1.165, 1.54) is 6.42 Å². The lowest BCUT2D eigenvalue weighted by atomic mass is 9.74. The summed E-state index contributed by atoms with van der Waals surface area (Å²) in [6.45, 7) is 0.689. The second kappa shape index (κ2) is 5.96. The average molecular weight is 248 g/mol. The minimum Gasteiger partial charge on any atom is -0.396 e. The van der Waals surface area contributed by atoms with Gasteiger partial charge in [0.2, 0.25) is 0 Å².